The van der Waals surface area contributed by atoms with E-state index in [0.29, 0.717) is 0 Å². The van der Waals surface area contributed by atoms with Crippen LogP contribution in [-0.2, 0) is 107 Å². The van der Waals surface area contributed by atoms with Crippen molar-refractivity contribution in [2.75, 3.05) is 46.2 Å². The van der Waals surface area contributed by atoms with Crippen molar-refractivity contribution < 1.29 is 173 Å². The molecule has 132 heavy (non-hydrogen) atoms. The Morgan fingerprint density at radius 2 is 0.333 bits per heavy atom. The van der Waals surface area contributed by atoms with Gasteiger partial charge >= 0.3 is 5.97 Å². The molecule has 15 saturated heterocycles. The van der Waals surface area contributed by atoms with E-state index >= 15 is 0 Å². The largest absolute Gasteiger partial charge is 0.454 e. The van der Waals surface area contributed by atoms with Crippen LogP contribution in [0.1, 0.15) is 166 Å². The summed E-state index contributed by atoms with van der Waals surface area (Å²) < 4.78 is 149. The summed E-state index contributed by atoms with van der Waals surface area (Å²) in [6, 6.07) is 0. The summed E-state index contributed by atoms with van der Waals surface area (Å²) in [7, 11) is -20.0. The second kappa shape index (κ2) is 42.7. The molecular weight excluding hydrogens is 1840 g/mol. The molecule has 0 amide bonds. The average Bonchev–Trinajstić information content (AvgIpc) is 0.775. The van der Waals surface area contributed by atoms with Gasteiger partial charge in [0, 0.05) is 0 Å². The SMILES string of the molecule is CC(C)(C)C(=O)O[C@H]1[C@H]2O[C@H]3[C@H](O)[C@@H](O)[C@@H](O[C@H]4[C@H](O)[C@@H](O)[C@@H](O[C@H]5[C@H](O)[C@@H](O)[C@@H](O[C@H]6[C@H](O)[C@@H](O)[C@@H](O[C@H]7[C@H](O)[C@@H](O)[C@@H](O[C@H]8[C@H](O)[C@@H](O)[C@@H](O[C@@H]([C@@H]1O)[C@@H](CO[Si](C)(C)C(C)(C)C)O2)O[C@@H]8CO[Si](C)(C)C(C)(C)C)O[C@@H]7CO[Si](C)(C)C(C)(C)C)O[C@@H]6CO[Si](C)(C)C(C)(C)C)O[C@@H]5CO[Si](C)(C)C(C)(C)C)O[C@@H]4CO[Si](C)(C)C(C)(C)C)O[C@@H]3CO[Si](C)(C)C(C)(C)C. The van der Waals surface area contributed by atoms with Crippen molar-refractivity contribution in [2.24, 2.45) is 5.41 Å². The van der Waals surface area contributed by atoms with E-state index in [9.17, 15) is 71.2 Å². The van der Waals surface area contributed by atoms with Crippen LogP contribution in [-0.4, -0.2) is 392 Å². The van der Waals surface area contributed by atoms with Crippen molar-refractivity contribution in [3.63, 3.8) is 0 Å². The number of hydrogen-bond acceptors (Lipinski definition) is 36. The summed E-state index contributed by atoms with van der Waals surface area (Å²) in [6.45, 7) is 71.5. The molecule has 35 atom stereocenters. The van der Waals surface area contributed by atoms with Gasteiger partial charge in [-0.3, -0.25) is 4.79 Å². The first-order valence-electron chi connectivity index (χ1n) is 47.2. The van der Waals surface area contributed by atoms with Crippen LogP contribution in [0.25, 0.3) is 0 Å². The van der Waals surface area contributed by atoms with Crippen molar-refractivity contribution in [3.05, 3.63) is 0 Å². The van der Waals surface area contributed by atoms with E-state index in [1.807, 2.05) is 237 Å². The first-order chi connectivity index (χ1) is 59.5. The predicted octanol–water partition coefficient (Wildman–Crippen LogP) is 7.57. The molecule has 0 saturated carbocycles. The highest BCUT2D eigenvalue weighted by Crippen LogP contribution is 2.49. The predicted molar refractivity (Wildman–Crippen MR) is 504 cm³/mol. The van der Waals surface area contributed by atoms with Crippen LogP contribution >= 0.6 is 0 Å². The molecule has 14 bridgehead atoms. The van der Waals surface area contributed by atoms with Crippen LogP contribution < -0.4 is 0 Å². The minimum absolute atomic E-state index is 0.378. The van der Waals surface area contributed by atoms with Gasteiger partial charge in [0.1, 0.15) is 165 Å². The number of carbonyl (C=O) groups excluding carboxylic acids is 1. The summed E-state index contributed by atoms with van der Waals surface area (Å²) in [5, 5.41) is 164. The lowest BCUT2D eigenvalue weighted by atomic mass is 9.94. The van der Waals surface area contributed by atoms with Crippen molar-refractivity contribution in [2.45, 2.75) is 508 Å². The second-order valence-corrected chi connectivity index (χ2v) is 83.2. The van der Waals surface area contributed by atoms with Gasteiger partial charge in [-0.05, 0) is 148 Å². The van der Waals surface area contributed by atoms with Gasteiger partial charge in [-0.1, -0.05) is 145 Å². The van der Waals surface area contributed by atoms with Crippen molar-refractivity contribution in [1.82, 2.24) is 0 Å². The molecule has 15 aliphatic rings. The van der Waals surface area contributed by atoms with Crippen LogP contribution in [0.4, 0.5) is 0 Å². The highest BCUT2D eigenvalue weighted by atomic mass is 28.4. The van der Waals surface area contributed by atoms with Crippen molar-refractivity contribution in [1.29, 1.82) is 0 Å². The molecule has 36 nitrogen and oxygen atoms in total. The fourth-order valence-corrected chi connectivity index (χ4v) is 21.4. The Balaban J connectivity index is 1.36. The molecule has 15 heterocycles. The molecule has 0 unspecified atom stereocenters. The minimum Gasteiger partial charge on any atom is -0.454 e. The Morgan fingerprint density at radius 1 is 0.205 bits per heavy atom. The molecular formula is C89H176O36Si7. The molecule has 0 aromatic rings. The fraction of sp³-hybridized carbons (Fsp3) is 0.989. The first-order valence-corrected chi connectivity index (χ1v) is 67.6. The van der Waals surface area contributed by atoms with E-state index in [-0.39, 0.29) is 26.4 Å². The standard InChI is InChI=1S/C89H176O36Si7/c1-82(2,3)81(103)125-73-65(102)72-52(45-110-132(37,38)89(22,23)24)117-80(73)124-71-51(44-109-131(35,36)88(19,20)21)116-78(64(101)58(71)95)122-69-49(42-107-129(31,32)86(13,14)15)114-76(62(99)56(69)93)120-67-47(40-105-127(27,28)84(7,8)9)112-74(60(97)54(67)91)118-66-46(39-104-126(25,26)83(4,5)6)111-75(59(96)53(66)90)119-68-48(41-106-128(29,30)85(10,11)12)113-77(61(98)55(68)92)121-70-50(43-108-130(33,34)87(16,17)18)115-79(123-72)63(100)57(70)94/h46-80,90-102H,39-45H2,1-38H3/t46-,47-,48-,49-,50-,51-,52-,53-,54-,55-,56-,57-,58-,59-,60-,61-,62-,63-,64-,65+,66-,67-,68-,69-,70-,71-,72-,73-,74-,75-,76-,77-,78-,79-,80-/m1/s1. The molecule has 0 aromatic heterocycles. The Morgan fingerprint density at radius 3 is 0.470 bits per heavy atom. The lowest BCUT2D eigenvalue weighted by molar-refractivity contribution is -0.396. The molecule has 0 aliphatic carbocycles. The van der Waals surface area contributed by atoms with E-state index in [1.54, 1.807) is 20.8 Å². The molecule has 0 radical (unpaired) electrons. The zero-order chi connectivity index (χ0) is 101. The maximum Gasteiger partial charge on any atom is 0.311 e. The fourth-order valence-electron chi connectivity index (χ4n) is 14.3. The van der Waals surface area contributed by atoms with Gasteiger partial charge in [-0.15, -0.1) is 0 Å². The Bertz CT molecular complexity index is 3610. The third-order valence-corrected chi connectivity index (χ3v) is 62.8. The van der Waals surface area contributed by atoms with Crippen LogP contribution in [0, 0.1) is 5.41 Å². The molecule has 13 N–H and O–H groups in total. The van der Waals surface area contributed by atoms with E-state index in [4.69, 9.17) is 102 Å². The van der Waals surface area contributed by atoms with Gasteiger partial charge in [0.25, 0.3) is 0 Å². The lowest BCUT2D eigenvalue weighted by Gasteiger charge is -2.51. The number of aliphatic hydroxyl groups excluding tert-OH is 13. The summed E-state index contributed by atoms with van der Waals surface area (Å²) in [6.07, 6.45) is -65.8. The number of fused-ring (bicyclic) bond motifs is 7. The van der Waals surface area contributed by atoms with E-state index in [0.717, 1.165) is 0 Å². The summed E-state index contributed by atoms with van der Waals surface area (Å²) in [5.41, 5.74) is -1.31. The van der Waals surface area contributed by atoms with Crippen LogP contribution in [0.3, 0.4) is 0 Å². The topological polar surface area (TPSA) is 483 Å². The number of carbonyl (C=O) groups is 1. The van der Waals surface area contributed by atoms with E-state index in [1.165, 1.54) is 0 Å². The number of ether oxygens (including phenoxy) is 15. The zero-order valence-corrected chi connectivity index (χ0v) is 93.4. The molecule has 15 rings (SSSR count). The van der Waals surface area contributed by atoms with Gasteiger partial charge in [0.05, 0.1) is 51.7 Å². The summed E-state index contributed by atoms with van der Waals surface area (Å²) in [4.78, 5) is 14.7. The number of esters is 1. The van der Waals surface area contributed by atoms with Crippen molar-refractivity contribution >= 4 is 64.2 Å². The maximum absolute atomic E-state index is 14.7. The lowest BCUT2D eigenvalue weighted by Crippen LogP contribution is -2.69. The summed E-state index contributed by atoms with van der Waals surface area (Å²) in [5.74, 6) is -0.895. The number of hydrogen-bond donors (Lipinski definition) is 13. The molecule has 0 aromatic carbocycles. The summed E-state index contributed by atoms with van der Waals surface area (Å²) >= 11 is 0. The van der Waals surface area contributed by atoms with Crippen LogP contribution in [0.5, 0.6) is 0 Å². The molecule has 776 valence electrons. The molecule has 15 aliphatic heterocycles. The first kappa shape index (κ1) is 117. The smallest absolute Gasteiger partial charge is 0.311 e. The van der Waals surface area contributed by atoms with E-state index < -0.39 is 340 Å². The zero-order valence-electron chi connectivity index (χ0n) is 86.4. The maximum atomic E-state index is 14.7. The number of aliphatic hydroxyl groups is 13. The van der Waals surface area contributed by atoms with Gasteiger partial charge in [0.2, 0.25) is 0 Å². The van der Waals surface area contributed by atoms with Gasteiger partial charge in [-0.2, -0.15) is 0 Å². The Hall–Kier alpha value is -0.372. The van der Waals surface area contributed by atoms with Crippen molar-refractivity contribution in [3.8, 4) is 0 Å². The van der Waals surface area contributed by atoms with Crippen LogP contribution in [0.2, 0.25) is 127 Å². The second-order valence-electron chi connectivity index (χ2n) is 49.5. The van der Waals surface area contributed by atoms with Crippen LogP contribution in [0.15, 0.2) is 0 Å². The third kappa shape index (κ3) is 26.8. The monoisotopic (exact) mass is 2020 g/mol. The average molecular weight is 2020 g/mol. The van der Waals surface area contributed by atoms with Gasteiger partial charge < -0.3 is 168 Å². The van der Waals surface area contributed by atoms with Gasteiger partial charge in [0.15, 0.2) is 108 Å². The quantitative estimate of drug-likeness (QED) is 0.0367. The Kier molecular flexibility index (Phi) is 37.8. The molecule has 15 fully saturated rings. The molecule has 43 heteroatoms. The minimum atomic E-state index is -2.89. The number of rotatable bonds is 22. The third-order valence-electron chi connectivity index (χ3n) is 31.3. The Labute approximate surface area is 792 Å². The highest BCUT2D eigenvalue weighted by Gasteiger charge is 2.63. The highest BCUT2D eigenvalue weighted by molar-refractivity contribution is 6.76. The van der Waals surface area contributed by atoms with E-state index in [2.05, 4.69) is 0 Å². The molecule has 0 spiro atoms. The van der Waals surface area contributed by atoms with Gasteiger partial charge in [-0.25, -0.2) is 0 Å². The normalized spacial score (nSPS) is 39.3.